The summed E-state index contributed by atoms with van der Waals surface area (Å²) in [7, 11) is 0. The minimum Gasteiger partial charge on any atom is -0.298 e. The van der Waals surface area contributed by atoms with Gasteiger partial charge >= 0.3 is 0 Å². The van der Waals surface area contributed by atoms with Gasteiger partial charge in [-0.3, -0.25) is 4.90 Å². The number of alkyl halides is 1. The highest BCUT2D eigenvalue weighted by molar-refractivity contribution is 14.1. The van der Waals surface area contributed by atoms with Gasteiger partial charge < -0.3 is 0 Å². The molecule has 0 aromatic carbocycles. The van der Waals surface area contributed by atoms with E-state index in [4.69, 9.17) is 0 Å². The van der Waals surface area contributed by atoms with Crippen LogP contribution >= 0.6 is 22.6 Å². The van der Waals surface area contributed by atoms with Gasteiger partial charge in [0.2, 0.25) is 0 Å². The Morgan fingerprint density at radius 2 is 1.73 bits per heavy atom. The Kier molecular flexibility index (Phi) is 5.69. The molecule has 0 aliphatic rings. The van der Waals surface area contributed by atoms with Crippen LogP contribution in [-0.2, 0) is 0 Å². The van der Waals surface area contributed by atoms with E-state index in [1.54, 1.807) is 0 Å². The molecule has 0 aliphatic heterocycles. The van der Waals surface area contributed by atoms with Crippen LogP contribution in [-0.4, -0.2) is 28.0 Å². The third-order valence-corrected chi connectivity index (χ3v) is 2.28. The van der Waals surface area contributed by atoms with E-state index in [0.717, 1.165) is 0 Å². The van der Waals surface area contributed by atoms with Crippen LogP contribution in [0.5, 0.6) is 0 Å². The van der Waals surface area contributed by atoms with Gasteiger partial charge in [0.15, 0.2) is 0 Å². The minimum absolute atomic E-state index is 0.348. The topological polar surface area (TPSA) is 3.24 Å². The van der Waals surface area contributed by atoms with E-state index in [2.05, 4.69) is 55.2 Å². The van der Waals surface area contributed by atoms with Crippen LogP contribution in [0.3, 0.4) is 0 Å². The SMILES string of the molecule is CCCN(CCI)C(C)(C)C. The Hall–Kier alpha value is 0.690. The molecule has 11 heavy (non-hydrogen) atoms. The molecule has 0 rings (SSSR count). The maximum Gasteiger partial charge on any atom is 0.0125 e. The first-order valence-corrected chi connectivity index (χ1v) is 5.86. The maximum atomic E-state index is 2.54. The molecule has 0 spiro atoms. The molecule has 0 bridgehead atoms. The molecule has 0 radical (unpaired) electrons. The van der Waals surface area contributed by atoms with Crippen molar-refractivity contribution in [3.8, 4) is 0 Å². The zero-order chi connectivity index (χ0) is 8.91. The van der Waals surface area contributed by atoms with Crippen LogP contribution < -0.4 is 0 Å². The Morgan fingerprint density at radius 1 is 1.18 bits per heavy atom. The Labute approximate surface area is 84.7 Å². The van der Waals surface area contributed by atoms with Crippen molar-refractivity contribution in [1.29, 1.82) is 0 Å². The Bertz CT molecular complexity index is 90.2. The molecule has 0 aromatic heterocycles. The van der Waals surface area contributed by atoms with Crippen LogP contribution in [0.1, 0.15) is 34.1 Å². The van der Waals surface area contributed by atoms with Crippen molar-refractivity contribution in [2.45, 2.75) is 39.7 Å². The highest BCUT2D eigenvalue weighted by atomic mass is 127. The van der Waals surface area contributed by atoms with Crippen molar-refractivity contribution in [3.05, 3.63) is 0 Å². The monoisotopic (exact) mass is 269 g/mol. The molecule has 0 heterocycles. The molecule has 0 atom stereocenters. The maximum absolute atomic E-state index is 2.54. The summed E-state index contributed by atoms with van der Waals surface area (Å²) in [5, 5.41) is 0. The summed E-state index contributed by atoms with van der Waals surface area (Å²) in [6, 6.07) is 0. The van der Waals surface area contributed by atoms with Crippen molar-refractivity contribution in [3.63, 3.8) is 0 Å². The summed E-state index contributed by atoms with van der Waals surface area (Å²) >= 11 is 2.44. The van der Waals surface area contributed by atoms with E-state index >= 15 is 0 Å². The number of hydrogen-bond acceptors (Lipinski definition) is 1. The average molecular weight is 269 g/mol. The quantitative estimate of drug-likeness (QED) is 0.560. The molecular formula is C9H20IN. The lowest BCUT2D eigenvalue weighted by molar-refractivity contribution is 0.147. The van der Waals surface area contributed by atoms with E-state index in [9.17, 15) is 0 Å². The van der Waals surface area contributed by atoms with Gasteiger partial charge in [-0.05, 0) is 33.7 Å². The zero-order valence-corrected chi connectivity index (χ0v) is 10.3. The van der Waals surface area contributed by atoms with Crippen LogP contribution in [0.4, 0.5) is 0 Å². The van der Waals surface area contributed by atoms with E-state index in [-0.39, 0.29) is 0 Å². The molecular weight excluding hydrogens is 249 g/mol. The third kappa shape index (κ3) is 5.01. The largest absolute Gasteiger partial charge is 0.298 e. The second-order valence-electron chi connectivity index (χ2n) is 3.85. The number of nitrogens with zero attached hydrogens (tertiary/aromatic N) is 1. The standard InChI is InChI=1S/C9H20IN/c1-5-7-11(8-6-10)9(2,3)4/h5-8H2,1-4H3. The van der Waals surface area contributed by atoms with Gasteiger partial charge in [0.05, 0.1) is 0 Å². The second-order valence-corrected chi connectivity index (χ2v) is 4.93. The van der Waals surface area contributed by atoms with Gasteiger partial charge in [-0.1, -0.05) is 29.5 Å². The summed E-state index contributed by atoms with van der Waals surface area (Å²) in [4.78, 5) is 2.54. The molecule has 0 aromatic rings. The van der Waals surface area contributed by atoms with Gasteiger partial charge in [0.1, 0.15) is 0 Å². The lowest BCUT2D eigenvalue weighted by Crippen LogP contribution is -2.42. The normalized spacial score (nSPS) is 12.5. The van der Waals surface area contributed by atoms with Crippen LogP contribution in [0, 0.1) is 0 Å². The average Bonchev–Trinajstić information content (AvgIpc) is 1.85. The summed E-state index contributed by atoms with van der Waals surface area (Å²) in [5.41, 5.74) is 0.348. The van der Waals surface area contributed by atoms with Gasteiger partial charge in [-0.25, -0.2) is 0 Å². The van der Waals surface area contributed by atoms with Crippen LogP contribution in [0.15, 0.2) is 0 Å². The molecule has 0 unspecified atom stereocenters. The van der Waals surface area contributed by atoms with Crippen LogP contribution in [0.2, 0.25) is 0 Å². The van der Waals surface area contributed by atoms with Crippen molar-refractivity contribution in [2.24, 2.45) is 0 Å². The van der Waals surface area contributed by atoms with E-state index in [1.807, 2.05) is 0 Å². The molecule has 68 valence electrons. The molecule has 0 amide bonds. The summed E-state index contributed by atoms with van der Waals surface area (Å²) < 4.78 is 1.23. The lowest BCUT2D eigenvalue weighted by Gasteiger charge is -2.34. The zero-order valence-electron chi connectivity index (χ0n) is 8.15. The number of hydrogen-bond donors (Lipinski definition) is 0. The summed E-state index contributed by atoms with van der Waals surface area (Å²) in [5.74, 6) is 0. The first kappa shape index (κ1) is 11.7. The predicted molar refractivity (Wildman–Crippen MR) is 60.5 cm³/mol. The molecule has 0 aliphatic carbocycles. The molecule has 0 saturated heterocycles. The van der Waals surface area contributed by atoms with Gasteiger partial charge in [-0.15, -0.1) is 0 Å². The summed E-state index contributed by atoms with van der Waals surface area (Å²) in [6.45, 7) is 11.6. The number of halogens is 1. The first-order chi connectivity index (χ1) is 5.02. The van der Waals surface area contributed by atoms with Crippen LogP contribution in [0.25, 0.3) is 0 Å². The Balaban J connectivity index is 3.88. The fourth-order valence-corrected chi connectivity index (χ4v) is 1.74. The lowest BCUT2D eigenvalue weighted by atomic mass is 10.1. The molecule has 0 fully saturated rings. The van der Waals surface area contributed by atoms with E-state index < -0.39 is 0 Å². The molecule has 2 heteroatoms. The molecule has 1 nitrogen and oxygen atoms in total. The van der Waals surface area contributed by atoms with Crippen molar-refractivity contribution < 1.29 is 0 Å². The highest BCUT2D eigenvalue weighted by Gasteiger charge is 2.18. The smallest absolute Gasteiger partial charge is 0.0125 e. The molecule has 0 N–H and O–H groups in total. The highest BCUT2D eigenvalue weighted by Crippen LogP contribution is 2.13. The van der Waals surface area contributed by atoms with Gasteiger partial charge in [-0.2, -0.15) is 0 Å². The Morgan fingerprint density at radius 3 is 2.00 bits per heavy atom. The van der Waals surface area contributed by atoms with E-state index in [0.29, 0.717) is 5.54 Å². The van der Waals surface area contributed by atoms with Crippen molar-refractivity contribution in [1.82, 2.24) is 4.90 Å². The van der Waals surface area contributed by atoms with Gasteiger partial charge in [0.25, 0.3) is 0 Å². The second kappa shape index (κ2) is 5.36. The first-order valence-electron chi connectivity index (χ1n) is 4.33. The fraction of sp³-hybridized carbons (Fsp3) is 1.00. The third-order valence-electron chi connectivity index (χ3n) is 1.80. The number of rotatable bonds is 4. The predicted octanol–water partition coefficient (Wildman–Crippen LogP) is 2.93. The minimum atomic E-state index is 0.348. The van der Waals surface area contributed by atoms with Gasteiger partial charge in [0, 0.05) is 16.5 Å². The van der Waals surface area contributed by atoms with Crippen molar-refractivity contribution >= 4 is 22.6 Å². The fourth-order valence-electron chi connectivity index (χ4n) is 1.15. The van der Waals surface area contributed by atoms with E-state index in [1.165, 1.54) is 23.9 Å². The molecule has 0 saturated carbocycles. The summed E-state index contributed by atoms with van der Waals surface area (Å²) in [6.07, 6.45) is 1.26. The van der Waals surface area contributed by atoms with Crippen molar-refractivity contribution in [2.75, 3.05) is 17.5 Å².